The molecule has 116 valence electrons. The molecule has 0 unspecified atom stereocenters. The fourth-order valence-electron chi connectivity index (χ4n) is 1.85. The number of anilines is 1. The first kappa shape index (κ1) is 15.6. The molecule has 0 fully saturated rings. The third-order valence-corrected chi connectivity index (χ3v) is 3.02. The molecule has 5 nitrogen and oxygen atoms in total. The molecule has 2 N–H and O–H groups in total. The summed E-state index contributed by atoms with van der Waals surface area (Å²) in [5, 5.41) is 5.24. The number of carbonyl (C=O) groups excluding carboxylic acids is 1. The second kappa shape index (κ2) is 7.31. The molecule has 2 amide bonds. The van der Waals surface area contributed by atoms with Gasteiger partial charge in [0.25, 0.3) is 0 Å². The first-order chi connectivity index (χ1) is 10.6. The van der Waals surface area contributed by atoms with Crippen LogP contribution in [0, 0.1) is 5.82 Å². The average Bonchev–Trinajstić information content (AvgIpc) is 2.53. The lowest BCUT2D eigenvalue weighted by Crippen LogP contribution is -2.28. The van der Waals surface area contributed by atoms with Gasteiger partial charge in [0.05, 0.1) is 14.2 Å². The third-order valence-electron chi connectivity index (χ3n) is 3.02. The summed E-state index contributed by atoms with van der Waals surface area (Å²) in [4.78, 5) is 11.8. The Hall–Kier alpha value is -2.76. The standard InChI is InChI=1S/C16H17FN2O3/c1-21-13-6-3-11(4-7-13)10-18-16(20)19-12-5-8-15(22-2)14(17)9-12/h3-9H,10H2,1-2H3,(H2,18,19,20). The molecule has 0 atom stereocenters. The smallest absolute Gasteiger partial charge is 0.319 e. The molecule has 0 spiro atoms. The minimum atomic E-state index is -0.532. The zero-order chi connectivity index (χ0) is 15.9. The molecule has 0 saturated carbocycles. The molecule has 0 aromatic heterocycles. The summed E-state index contributed by atoms with van der Waals surface area (Å²) < 4.78 is 23.4. The van der Waals surface area contributed by atoms with E-state index < -0.39 is 11.8 Å². The van der Waals surface area contributed by atoms with Crippen LogP contribution in [-0.4, -0.2) is 20.3 Å². The van der Waals surface area contributed by atoms with Crippen molar-refractivity contribution in [1.29, 1.82) is 0 Å². The quantitative estimate of drug-likeness (QED) is 0.892. The van der Waals surface area contributed by atoms with Gasteiger partial charge in [-0.15, -0.1) is 0 Å². The van der Waals surface area contributed by atoms with Crippen molar-refractivity contribution >= 4 is 11.7 Å². The summed E-state index contributed by atoms with van der Waals surface area (Å²) in [6.07, 6.45) is 0. The molecule has 0 bridgehead atoms. The van der Waals surface area contributed by atoms with Crippen molar-refractivity contribution in [3.63, 3.8) is 0 Å². The normalized spacial score (nSPS) is 9.95. The number of hydrogen-bond donors (Lipinski definition) is 2. The summed E-state index contributed by atoms with van der Waals surface area (Å²) >= 11 is 0. The summed E-state index contributed by atoms with van der Waals surface area (Å²) in [7, 11) is 2.97. The van der Waals surface area contributed by atoms with E-state index in [2.05, 4.69) is 10.6 Å². The molecule has 2 aromatic carbocycles. The minimum Gasteiger partial charge on any atom is -0.497 e. The van der Waals surface area contributed by atoms with Crippen LogP contribution in [0.1, 0.15) is 5.56 Å². The zero-order valence-electron chi connectivity index (χ0n) is 12.4. The largest absolute Gasteiger partial charge is 0.497 e. The summed E-state index contributed by atoms with van der Waals surface area (Å²) in [6.45, 7) is 0.356. The van der Waals surface area contributed by atoms with Crippen molar-refractivity contribution in [1.82, 2.24) is 5.32 Å². The Labute approximate surface area is 128 Å². The minimum absolute atomic E-state index is 0.129. The Morgan fingerprint density at radius 3 is 2.41 bits per heavy atom. The van der Waals surface area contributed by atoms with Crippen LogP contribution in [-0.2, 0) is 6.54 Å². The highest BCUT2D eigenvalue weighted by Gasteiger charge is 2.06. The van der Waals surface area contributed by atoms with Crippen molar-refractivity contribution in [3.8, 4) is 11.5 Å². The highest BCUT2D eigenvalue weighted by Crippen LogP contribution is 2.20. The topological polar surface area (TPSA) is 59.6 Å². The second-order valence-electron chi connectivity index (χ2n) is 4.51. The van der Waals surface area contributed by atoms with Crippen LogP contribution in [0.25, 0.3) is 0 Å². The number of halogens is 1. The van der Waals surface area contributed by atoms with E-state index in [9.17, 15) is 9.18 Å². The van der Waals surface area contributed by atoms with E-state index in [1.807, 2.05) is 24.3 Å². The predicted octanol–water partition coefficient (Wildman–Crippen LogP) is 3.16. The maximum Gasteiger partial charge on any atom is 0.319 e. The average molecular weight is 304 g/mol. The van der Waals surface area contributed by atoms with E-state index in [0.717, 1.165) is 11.3 Å². The molecule has 0 aliphatic rings. The Morgan fingerprint density at radius 1 is 1.09 bits per heavy atom. The SMILES string of the molecule is COc1ccc(CNC(=O)Nc2ccc(OC)c(F)c2)cc1. The third kappa shape index (κ3) is 4.12. The lowest BCUT2D eigenvalue weighted by Gasteiger charge is -2.09. The van der Waals surface area contributed by atoms with Gasteiger partial charge in [-0.05, 0) is 29.8 Å². The number of carbonyl (C=O) groups is 1. The Bertz CT molecular complexity index is 644. The molecule has 0 radical (unpaired) electrons. The molecule has 0 aliphatic carbocycles. The highest BCUT2D eigenvalue weighted by atomic mass is 19.1. The van der Waals surface area contributed by atoms with Gasteiger partial charge in [0.15, 0.2) is 11.6 Å². The number of methoxy groups -OCH3 is 2. The van der Waals surface area contributed by atoms with Gasteiger partial charge in [-0.3, -0.25) is 0 Å². The van der Waals surface area contributed by atoms with Gasteiger partial charge >= 0.3 is 6.03 Å². The fraction of sp³-hybridized carbons (Fsp3) is 0.188. The van der Waals surface area contributed by atoms with E-state index in [0.29, 0.717) is 12.2 Å². The van der Waals surface area contributed by atoms with Gasteiger partial charge in [0, 0.05) is 18.3 Å². The first-order valence-electron chi connectivity index (χ1n) is 6.63. The van der Waals surface area contributed by atoms with E-state index >= 15 is 0 Å². The maximum atomic E-state index is 13.5. The lowest BCUT2D eigenvalue weighted by molar-refractivity contribution is 0.251. The Balaban J connectivity index is 1.88. The van der Waals surface area contributed by atoms with Crippen molar-refractivity contribution in [2.75, 3.05) is 19.5 Å². The number of amides is 2. The highest BCUT2D eigenvalue weighted by molar-refractivity contribution is 5.89. The fourth-order valence-corrected chi connectivity index (χ4v) is 1.85. The van der Waals surface area contributed by atoms with Gasteiger partial charge in [-0.25, -0.2) is 9.18 Å². The molecular weight excluding hydrogens is 287 g/mol. The van der Waals surface area contributed by atoms with Crippen molar-refractivity contribution in [2.24, 2.45) is 0 Å². The van der Waals surface area contributed by atoms with Crippen LogP contribution >= 0.6 is 0 Å². The van der Waals surface area contributed by atoms with Gasteiger partial charge in [0.2, 0.25) is 0 Å². The van der Waals surface area contributed by atoms with Crippen LogP contribution in [0.3, 0.4) is 0 Å². The number of rotatable bonds is 5. The van der Waals surface area contributed by atoms with Crippen LogP contribution in [0.15, 0.2) is 42.5 Å². The number of benzene rings is 2. The Kier molecular flexibility index (Phi) is 5.19. The molecule has 2 aromatic rings. The summed E-state index contributed by atoms with van der Waals surface area (Å²) in [5.74, 6) is 0.349. The molecule has 0 heterocycles. The zero-order valence-corrected chi connectivity index (χ0v) is 12.4. The second-order valence-corrected chi connectivity index (χ2v) is 4.51. The predicted molar refractivity (Wildman–Crippen MR) is 81.8 cm³/mol. The van der Waals surface area contributed by atoms with Crippen molar-refractivity contribution in [2.45, 2.75) is 6.54 Å². The molecular formula is C16H17FN2O3. The maximum absolute atomic E-state index is 13.5. The lowest BCUT2D eigenvalue weighted by atomic mass is 10.2. The summed E-state index contributed by atoms with van der Waals surface area (Å²) in [6, 6.07) is 11.1. The number of urea groups is 1. The number of nitrogens with one attached hydrogen (secondary N) is 2. The van der Waals surface area contributed by atoms with Gasteiger partial charge in [-0.2, -0.15) is 0 Å². The van der Waals surface area contributed by atoms with Crippen molar-refractivity contribution < 1.29 is 18.7 Å². The van der Waals surface area contributed by atoms with Gasteiger partial charge in [-0.1, -0.05) is 12.1 Å². The number of ether oxygens (including phenoxy) is 2. The van der Waals surface area contributed by atoms with Gasteiger partial charge < -0.3 is 20.1 Å². The van der Waals surface area contributed by atoms with Crippen LogP contribution < -0.4 is 20.1 Å². The van der Waals surface area contributed by atoms with Crippen LogP contribution in [0.2, 0.25) is 0 Å². The molecule has 2 rings (SSSR count). The molecule has 0 aliphatic heterocycles. The van der Waals surface area contributed by atoms with E-state index in [4.69, 9.17) is 9.47 Å². The molecule has 0 saturated heterocycles. The number of hydrogen-bond acceptors (Lipinski definition) is 3. The van der Waals surface area contributed by atoms with Gasteiger partial charge in [0.1, 0.15) is 5.75 Å². The van der Waals surface area contributed by atoms with E-state index in [1.54, 1.807) is 13.2 Å². The first-order valence-corrected chi connectivity index (χ1v) is 6.63. The van der Waals surface area contributed by atoms with Crippen LogP contribution in [0.4, 0.5) is 14.9 Å². The van der Waals surface area contributed by atoms with Crippen molar-refractivity contribution in [3.05, 3.63) is 53.8 Å². The molecule has 22 heavy (non-hydrogen) atoms. The Morgan fingerprint density at radius 2 is 1.82 bits per heavy atom. The van der Waals surface area contributed by atoms with Crippen LogP contribution in [0.5, 0.6) is 11.5 Å². The van der Waals surface area contributed by atoms with E-state index in [-0.39, 0.29) is 5.75 Å². The summed E-state index contributed by atoms with van der Waals surface area (Å²) in [5.41, 5.74) is 1.28. The molecule has 6 heteroatoms. The monoisotopic (exact) mass is 304 g/mol. The van der Waals surface area contributed by atoms with E-state index in [1.165, 1.54) is 19.2 Å².